The molecule has 172 valence electrons. The molecular weight excluding hydrogens is 434 g/mol. The molecule has 1 heterocycles. The van der Waals surface area contributed by atoms with Gasteiger partial charge >= 0.3 is 0 Å². The predicted octanol–water partition coefficient (Wildman–Crippen LogP) is 6.49. The van der Waals surface area contributed by atoms with E-state index < -0.39 is 5.54 Å². The Hall–Kier alpha value is -4.02. The summed E-state index contributed by atoms with van der Waals surface area (Å²) in [7, 11) is 0. The van der Waals surface area contributed by atoms with Crippen LogP contribution in [0.1, 0.15) is 58.5 Å². The van der Waals surface area contributed by atoms with Crippen LogP contribution in [0.4, 0.5) is 0 Å². The van der Waals surface area contributed by atoms with Crippen LogP contribution in [0.25, 0.3) is 21.5 Å². The van der Waals surface area contributed by atoms with Gasteiger partial charge in [0.2, 0.25) is 5.78 Å². The van der Waals surface area contributed by atoms with Gasteiger partial charge in [0.05, 0.1) is 6.26 Å². The fraction of sp³-hybridized carbons (Fsp3) is 0.161. The Labute approximate surface area is 203 Å². The summed E-state index contributed by atoms with van der Waals surface area (Å²) in [6.45, 7) is 1.57. The van der Waals surface area contributed by atoms with E-state index in [1.165, 1.54) is 11.8 Å². The number of hydrogen-bond acceptors (Lipinski definition) is 4. The van der Waals surface area contributed by atoms with Crippen LogP contribution in [0, 0.1) is 0 Å². The first-order chi connectivity index (χ1) is 17.0. The number of rotatable bonds is 4. The molecule has 5 aromatic rings. The third-order valence-electron chi connectivity index (χ3n) is 7.56. The summed E-state index contributed by atoms with van der Waals surface area (Å²) in [5.41, 5.74) is 9.40. The zero-order chi connectivity index (χ0) is 24.2. The average molecular weight is 460 g/mol. The number of fused-ring (bicyclic) bond motifs is 5. The normalized spacial score (nSPS) is 19.5. The van der Waals surface area contributed by atoms with Crippen molar-refractivity contribution in [2.75, 3.05) is 0 Å². The van der Waals surface area contributed by atoms with Crippen molar-refractivity contribution in [3.8, 4) is 0 Å². The summed E-state index contributed by atoms with van der Waals surface area (Å²) in [5.74, 6) is 0.162. The van der Waals surface area contributed by atoms with Crippen LogP contribution in [0.3, 0.4) is 0 Å². The minimum atomic E-state index is -1.05. The lowest BCUT2D eigenvalue weighted by Crippen LogP contribution is -2.47. The highest BCUT2D eigenvalue weighted by atomic mass is 16.3. The van der Waals surface area contributed by atoms with E-state index in [9.17, 15) is 9.59 Å². The van der Waals surface area contributed by atoms with Crippen molar-refractivity contribution in [2.24, 2.45) is 5.73 Å². The van der Waals surface area contributed by atoms with Crippen molar-refractivity contribution in [1.29, 1.82) is 0 Å². The second kappa shape index (κ2) is 8.03. The average Bonchev–Trinajstić information content (AvgIpc) is 3.43. The molecule has 4 heteroatoms. The van der Waals surface area contributed by atoms with Crippen molar-refractivity contribution in [3.05, 3.63) is 119 Å². The lowest BCUT2D eigenvalue weighted by Gasteiger charge is -2.39. The molecule has 2 N–H and O–H groups in total. The summed E-state index contributed by atoms with van der Waals surface area (Å²) in [6.07, 6.45) is 2.84. The van der Waals surface area contributed by atoms with Crippen molar-refractivity contribution in [3.63, 3.8) is 0 Å². The summed E-state index contributed by atoms with van der Waals surface area (Å²) in [4.78, 5) is 26.4. The molecule has 0 aliphatic heterocycles. The van der Waals surface area contributed by atoms with E-state index >= 15 is 0 Å². The molecule has 0 fully saturated rings. The van der Waals surface area contributed by atoms with Crippen LogP contribution in [-0.4, -0.2) is 11.6 Å². The zero-order valence-corrected chi connectivity index (χ0v) is 19.5. The number of carbonyl (C=O) groups excluding carboxylic acids is 2. The highest BCUT2D eigenvalue weighted by molar-refractivity contribution is 6.22. The Kier molecular flexibility index (Phi) is 4.94. The van der Waals surface area contributed by atoms with Crippen LogP contribution in [0.15, 0.2) is 95.6 Å². The maximum atomic E-state index is 13.5. The van der Waals surface area contributed by atoms with Gasteiger partial charge in [0.1, 0.15) is 5.54 Å². The molecule has 0 radical (unpaired) electrons. The van der Waals surface area contributed by atoms with Crippen molar-refractivity contribution >= 4 is 33.1 Å². The molecule has 4 aromatic carbocycles. The van der Waals surface area contributed by atoms with E-state index in [0.29, 0.717) is 17.7 Å². The van der Waals surface area contributed by atoms with Gasteiger partial charge in [-0.1, -0.05) is 66.7 Å². The predicted molar refractivity (Wildman–Crippen MR) is 138 cm³/mol. The van der Waals surface area contributed by atoms with Gasteiger partial charge in [0, 0.05) is 11.5 Å². The molecule has 0 saturated carbocycles. The maximum Gasteiger partial charge on any atom is 0.228 e. The second-order valence-corrected chi connectivity index (χ2v) is 9.43. The van der Waals surface area contributed by atoms with Crippen LogP contribution in [0.2, 0.25) is 0 Å². The van der Waals surface area contributed by atoms with Gasteiger partial charge in [0.25, 0.3) is 0 Å². The Bertz CT molecular complexity index is 1600. The topological polar surface area (TPSA) is 73.3 Å². The van der Waals surface area contributed by atoms with E-state index in [2.05, 4.69) is 18.2 Å². The molecular formula is C31H25NO3. The summed E-state index contributed by atoms with van der Waals surface area (Å²) in [6, 6.07) is 27.7. The molecule has 0 spiro atoms. The summed E-state index contributed by atoms with van der Waals surface area (Å²) >= 11 is 0. The Morgan fingerprint density at radius 2 is 1.57 bits per heavy atom. The Morgan fingerprint density at radius 1 is 0.857 bits per heavy atom. The Balaban J connectivity index is 1.73. The molecule has 0 saturated heterocycles. The number of benzene rings is 4. The van der Waals surface area contributed by atoms with E-state index in [-0.39, 0.29) is 17.5 Å². The van der Waals surface area contributed by atoms with Crippen molar-refractivity contribution in [2.45, 2.75) is 31.2 Å². The Morgan fingerprint density at radius 3 is 2.29 bits per heavy atom. The van der Waals surface area contributed by atoms with Gasteiger partial charge in [-0.15, -0.1) is 0 Å². The standard InChI is InChI=1S/C31H25NO3/c1-19(33)31(32)16-15-21(20-8-3-2-4-9-20)29-25-18-26(30(34)28-12-7-17-35-28)23-11-6-5-10-22(23)24(25)13-14-27(29)31/h2-14,17-18,21H,15-16,32H2,1H3. The van der Waals surface area contributed by atoms with Crippen LogP contribution < -0.4 is 5.73 Å². The molecule has 6 rings (SSSR count). The lowest BCUT2D eigenvalue weighted by molar-refractivity contribution is -0.122. The van der Waals surface area contributed by atoms with E-state index in [1.54, 1.807) is 19.1 Å². The van der Waals surface area contributed by atoms with Gasteiger partial charge in [-0.2, -0.15) is 0 Å². The molecule has 0 bridgehead atoms. The van der Waals surface area contributed by atoms with E-state index in [4.69, 9.17) is 10.2 Å². The number of Topliss-reactive ketones (excluding diaryl/α,β-unsaturated/α-hetero) is 1. The quantitative estimate of drug-likeness (QED) is 0.246. The lowest BCUT2D eigenvalue weighted by atomic mass is 9.67. The van der Waals surface area contributed by atoms with Gasteiger partial charge in [-0.05, 0) is 76.2 Å². The molecule has 4 nitrogen and oxygen atoms in total. The maximum absolute atomic E-state index is 13.5. The fourth-order valence-electron chi connectivity index (χ4n) is 5.73. The number of furan rings is 1. The molecule has 2 atom stereocenters. The SMILES string of the molecule is CC(=O)C1(N)CCC(c2ccccc2)c2c1ccc1c2cc(C(=O)c2ccco2)c2ccccc21. The zero-order valence-electron chi connectivity index (χ0n) is 19.5. The fourth-order valence-corrected chi connectivity index (χ4v) is 5.73. The van der Waals surface area contributed by atoms with Gasteiger partial charge in [0.15, 0.2) is 11.5 Å². The minimum Gasteiger partial charge on any atom is -0.461 e. The summed E-state index contributed by atoms with van der Waals surface area (Å²) in [5, 5.41) is 3.87. The molecule has 1 aliphatic carbocycles. The second-order valence-electron chi connectivity index (χ2n) is 9.43. The molecule has 1 aliphatic rings. The number of nitrogens with two attached hydrogens (primary N) is 1. The third-order valence-corrected chi connectivity index (χ3v) is 7.56. The van der Waals surface area contributed by atoms with Crippen LogP contribution in [0.5, 0.6) is 0 Å². The van der Waals surface area contributed by atoms with E-state index in [1.807, 2.05) is 54.6 Å². The highest BCUT2D eigenvalue weighted by Gasteiger charge is 2.41. The van der Waals surface area contributed by atoms with Gasteiger partial charge in [-0.25, -0.2) is 0 Å². The smallest absolute Gasteiger partial charge is 0.228 e. The number of hydrogen-bond donors (Lipinski definition) is 1. The largest absolute Gasteiger partial charge is 0.461 e. The minimum absolute atomic E-state index is 0.0442. The number of ketones is 2. The number of carbonyl (C=O) groups is 2. The molecule has 2 unspecified atom stereocenters. The van der Waals surface area contributed by atoms with Crippen molar-refractivity contribution in [1.82, 2.24) is 0 Å². The van der Waals surface area contributed by atoms with Crippen LogP contribution in [-0.2, 0) is 10.3 Å². The molecule has 35 heavy (non-hydrogen) atoms. The monoisotopic (exact) mass is 459 g/mol. The highest BCUT2D eigenvalue weighted by Crippen LogP contribution is 2.48. The summed E-state index contributed by atoms with van der Waals surface area (Å²) < 4.78 is 5.46. The molecule has 1 aromatic heterocycles. The first kappa shape index (κ1) is 21.5. The molecule has 0 amide bonds. The van der Waals surface area contributed by atoms with Gasteiger partial charge in [-0.3, -0.25) is 9.59 Å². The first-order valence-corrected chi connectivity index (χ1v) is 11.9. The van der Waals surface area contributed by atoms with Crippen molar-refractivity contribution < 1.29 is 14.0 Å². The first-order valence-electron chi connectivity index (χ1n) is 11.9. The van der Waals surface area contributed by atoms with Crippen LogP contribution >= 0.6 is 0 Å². The van der Waals surface area contributed by atoms with E-state index in [0.717, 1.165) is 39.1 Å². The third kappa shape index (κ3) is 3.25. The van der Waals surface area contributed by atoms with Gasteiger partial charge < -0.3 is 10.2 Å².